The molecule has 11 heteroatoms. The summed E-state index contributed by atoms with van der Waals surface area (Å²) in [5.74, 6) is 0.0813. The van der Waals surface area contributed by atoms with E-state index in [2.05, 4.69) is 0 Å². The Bertz CT molecular complexity index is 1340. The summed E-state index contributed by atoms with van der Waals surface area (Å²) < 4.78 is 5.76. The van der Waals surface area contributed by atoms with Gasteiger partial charge in [0.2, 0.25) is 0 Å². The lowest BCUT2D eigenvalue weighted by atomic mass is 10.1. The van der Waals surface area contributed by atoms with Crippen molar-refractivity contribution < 1.29 is 24.2 Å². The van der Waals surface area contributed by atoms with E-state index in [-0.39, 0.29) is 29.4 Å². The van der Waals surface area contributed by atoms with Crippen molar-refractivity contribution >= 4 is 40.4 Å². The number of ether oxygens (including phenoxy) is 1. The van der Waals surface area contributed by atoms with Gasteiger partial charge in [-0.05, 0) is 58.8 Å². The van der Waals surface area contributed by atoms with Gasteiger partial charge in [-0.3, -0.25) is 34.7 Å². The van der Waals surface area contributed by atoms with Gasteiger partial charge in [0.25, 0.3) is 22.5 Å². The fourth-order valence-corrected chi connectivity index (χ4v) is 4.11. The Kier molecular flexibility index (Phi) is 6.88. The first-order valence-electron chi connectivity index (χ1n) is 10.2. The summed E-state index contributed by atoms with van der Waals surface area (Å²) in [5, 5.41) is 21.1. The minimum atomic E-state index is -0.517. The number of carbonyl (C=O) groups is 2. The average molecular weight is 491 g/mol. The molecule has 0 atom stereocenters. The molecule has 0 aliphatic carbocycles. The molecule has 1 heterocycles. The van der Waals surface area contributed by atoms with Crippen LogP contribution >= 0.6 is 11.8 Å². The van der Waals surface area contributed by atoms with Gasteiger partial charge in [0.1, 0.15) is 12.4 Å². The van der Waals surface area contributed by atoms with E-state index in [4.69, 9.17) is 4.74 Å². The van der Waals surface area contributed by atoms with Gasteiger partial charge in [0.15, 0.2) is 0 Å². The topological polar surface area (TPSA) is 133 Å². The Morgan fingerprint density at radius 2 is 1.46 bits per heavy atom. The van der Waals surface area contributed by atoms with E-state index in [1.165, 1.54) is 36.4 Å². The number of benzene rings is 3. The number of nitro benzene ring substituents is 2. The molecular weight excluding hydrogens is 474 g/mol. The van der Waals surface area contributed by atoms with Gasteiger partial charge in [-0.25, -0.2) is 0 Å². The van der Waals surface area contributed by atoms with Crippen LogP contribution in [-0.2, 0) is 17.9 Å². The molecule has 1 aliphatic rings. The monoisotopic (exact) mass is 491 g/mol. The number of imide groups is 1. The molecule has 35 heavy (non-hydrogen) atoms. The third-order valence-electron chi connectivity index (χ3n) is 5.07. The number of thioether (sulfide) groups is 1. The van der Waals surface area contributed by atoms with E-state index in [0.717, 1.165) is 22.2 Å². The number of non-ortho nitro benzene ring substituents is 2. The highest BCUT2D eigenvalue weighted by atomic mass is 32.2. The van der Waals surface area contributed by atoms with Crippen LogP contribution in [-0.4, -0.2) is 25.9 Å². The molecule has 1 fully saturated rings. The van der Waals surface area contributed by atoms with Crippen molar-refractivity contribution in [3.05, 3.63) is 115 Å². The van der Waals surface area contributed by atoms with Crippen molar-refractivity contribution in [2.24, 2.45) is 0 Å². The molecule has 0 bridgehead atoms. The third kappa shape index (κ3) is 5.71. The van der Waals surface area contributed by atoms with Crippen molar-refractivity contribution in [1.29, 1.82) is 0 Å². The van der Waals surface area contributed by atoms with Crippen LogP contribution in [0, 0.1) is 20.2 Å². The van der Waals surface area contributed by atoms with Crippen molar-refractivity contribution in [3.63, 3.8) is 0 Å². The van der Waals surface area contributed by atoms with Crippen LogP contribution in [0.25, 0.3) is 6.08 Å². The van der Waals surface area contributed by atoms with E-state index in [9.17, 15) is 29.8 Å². The van der Waals surface area contributed by atoms with E-state index >= 15 is 0 Å². The molecule has 0 spiro atoms. The quantitative estimate of drug-likeness (QED) is 0.235. The molecule has 2 amide bonds. The van der Waals surface area contributed by atoms with Crippen LogP contribution in [0.4, 0.5) is 16.2 Å². The van der Waals surface area contributed by atoms with Crippen LogP contribution in [0.3, 0.4) is 0 Å². The smallest absolute Gasteiger partial charge is 0.293 e. The second kappa shape index (κ2) is 10.2. The Hall–Kier alpha value is -4.51. The van der Waals surface area contributed by atoms with Gasteiger partial charge >= 0.3 is 0 Å². The first-order valence-corrected chi connectivity index (χ1v) is 11.1. The number of hydrogen-bond acceptors (Lipinski definition) is 8. The molecular formula is C24H17N3O7S. The fourth-order valence-electron chi connectivity index (χ4n) is 3.27. The number of rotatable bonds is 8. The Morgan fingerprint density at radius 3 is 2.06 bits per heavy atom. The van der Waals surface area contributed by atoms with Gasteiger partial charge in [-0.2, -0.15) is 0 Å². The minimum absolute atomic E-state index is 0.00160. The Labute approximate surface area is 203 Å². The second-order valence-electron chi connectivity index (χ2n) is 7.48. The average Bonchev–Trinajstić information content (AvgIpc) is 3.11. The first-order chi connectivity index (χ1) is 16.8. The number of nitro groups is 2. The van der Waals surface area contributed by atoms with Crippen LogP contribution < -0.4 is 4.74 Å². The summed E-state index contributed by atoms with van der Waals surface area (Å²) in [6.45, 7) is 0.214. The Morgan fingerprint density at radius 1 is 0.857 bits per heavy atom. The van der Waals surface area contributed by atoms with E-state index in [1.807, 2.05) is 0 Å². The fraction of sp³-hybridized carbons (Fsp3) is 0.0833. The molecule has 10 nitrogen and oxygen atoms in total. The van der Waals surface area contributed by atoms with Crippen LogP contribution in [0.2, 0.25) is 0 Å². The maximum atomic E-state index is 12.8. The summed E-state index contributed by atoms with van der Waals surface area (Å²) in [7, 11) is 0. The second-order valence-corrected chi connectivity index (χ2v) is 8.47. The largest absolute Gasteiger partial charge is 0.489 e. The molecule has 1 saturated heterocycles. The molecule has 0 radical (unpaired) electrons. The van der Waals surface area contributed by atoms with Gasteiger partial charge < -0.3 is 4.74 Å². The lowest BCUT2D eigenvalue weighted by molar-refractivity contribution is -0.385. The number of carbonyl (C=O) groups excluding carboxylic acids is 2. The molecule has 1 aliphatic heterocycles. The zero-order valence-corrected chi connectivity index (χ0v) is 18.8. The predicted molar refractivity (Wildman–Crippen MR) is 128 cm³/mol. The SMILES string of the molecule is O=C1SC(=Cc2cccc(OCc3ccc([N+](=O)[O-])cc3)c2)C(=O)N1Cc1ccc([N+](=O)[O-])cc1. The van der Waals surface area contributed by atoms with Crippen LogP contribution in [0.5, 0.6) is 5.75 Å². The molecule has 0 saturated carbocycles. The van der Waals surface area contributed by atoms with Gasteiger partial charge in [-0.15, -0.1) is 0 Å². The standard InChI is InChI=1S/C24H17N3O7S/c28-23-22(35-24(29)25(23)14-16-4-8-19(9-5-16)26(30)31)13-18-2-1-3-21(12-18)34-15-17-6-10-20(11-7-17)27(32)33/h1-13H,14-15H2. The van der Waals surface area contributed by atoms with Crippen molar-refractivity contribution in [3.8, 4) is 5.75 Å². The van der Waals surface area contributed by atoms with Crippen molar-refractivity contribution in [1.82, 2.24) is 4.90 Å². The van der Waals surface area contributed by atoms with Crippen LogP contribution in [0.1, 0.15) is 16.7 Å². The van der Waals surface area contributed by atoms with Crippen LogP contribution in [0.15, 0.2) is 77.7 Å². The normalized spacial score (nSPS) is 14.4. The summed E-state index contributed by atoms with van der Waals surface area (Å²) in [6, 6.07) is 18.7. The molecule has 4 rings (SSSR count). The third-order valence-corrected chi connectivity index (χ3v) is 5.98. The van der Waals surface area contributed by atoms with Gasteiger partial charge in [0, 0.05) is 24.3 Å². The number of nitrogens with zero attached hydrogens (tertiary/aromatic N) is 3. The number of amides is 2. The van der Waals surface area contributed by atoms with E-state index in [1.54, 1.807) is 42.5 Å². The highest BCUT2D eigenvalue weighted by molar-refractivity contribution is 8.18. The lowest BCUT2D eigenvalue weighted by Crippen LogP contribution is -2.27. The molecule has 0 unspecified atom stereocenters. The van der Waals surface area contributed by atoms with E-state index in [0.29, 0.717) is 16.9 Å². The highest BCUT2D eigenvalue weighted by Crippen LogP contribution is 2.34. The molecule has 0 N–H and O–H groups in total. The van der Waals surface area contributed by atoms with Gasteiger partial charge in [-0.1, -0.05) is 24.3 Å². The summed E-state index contributed by atoms with van der Waals surface area (Å²) in [5.41, 5.74) is 1.94. The maximum Gasteiger partial charge on any atom is 0.293 e. The van der Waals surface area contributed by atoms with Crippen molar-refractivity contribution in [2.45, 2.75) is 13.2 Å². The predicted octanol–water partition coefficient (Wildman–Crippen LogP) is 5.32. The molecule has 3 aromatic rings. The molecule has 3 aromatic carbocycles. The lowest BCUT2D eigenvalue weighted by Gasteiger charge is -2.12. The molecule has 0 aromatic heterocycles. The summed E-state index contributed by atoms with van der Waals surface area (Å²) in [4.78, 5) is 47.1. The minimum Gasteiger partial charge on any atom is -0.489 e. The summed E-state index contributed by atoms with van der Waals surface area (Å²) in [6.07, 6.45) is 1.60. The Balaban J connectivity index is 1.42. The zero-order chi connectivity index (χ0) is 24.9. The highest BCUT2D eigenvalue weighted by Gasteiger charge is 2.35. The van der Waals surface area contributed by atoms with Crippen molar-refractivity contribution in [2.75, 3.05) is 0 Å². The zero-order valence-electron chi connectivity index (χ0n) is 18.0. The van der Waals surface area contributed by atoms with Gasteiger partial charge in [0.05, 0.1) is 21.3 Å². The maximum absolute atomic E-state index is 12.8. The summed E-state index contributed by atoms with van der Waals surface area (Å²) >= 11 is 0.818. The first kappa shape index (κ1) is 23.6. The number of hydrogen-bond donors (Lipinski definition) is 0. The van der Waals surface area contributed by atoms with E-state index < -0.39 is 21.0 Å². The molecule has 176 valence electrons.